The number of carbonyl (C=O) groups excluding carboxylic acids is 2. The third-order valence-electron chi connectivity index (χ3n) is 8.54. The van der Waals surface area contributed by atoms with Gasteiger partial charge < -0.3 is 19.9 Å². The Balaban J connectivity index is 1.64. The molecule has 0 radical (unpaired) electrons. The van der Waals surface area contributed by atoms with Crippen molar-refractivity contribution in [3.05, 3.63) is 70.8 Å². The smallest absolute Gasteiger partial charge is 0.416 e. The first kappa shape index (κ1) is 35.5. The summed E-state index contributed by atoms with van der Waals surface area (Å²) in [6, 6.07) is 9.42. The maximum absolute atomic E-state index is 13.9. The van der Waals surface area contributed by atoms with Gasteiger partial charge in [0.15, 0.2) is 0 Å². The van der Waals surface area contributed by atoms with E-state index in [1.165, 1.54) is 4.90 Å². The van der Waals surface area contributed by atoms with Crippen molar-refractivity contribution in [2.75, 3.05) is 19.8 Å². The predicted octanol–water partition coefficient (Wildman–Crippen LogP) is 7.38. The monoisotopic (exact) mass is 658 g/mol. The molecule has 2 aromatic rings. The average molecular weight is 659 g/mol. The summed E-state index contributed by atoms with van der Waals surface area (Å²) in [4.78, 5) is 28.3. The van der Waals surface area contributed by atoms with E-state index >= 15 is 0 Å². The lowest BCUT2D eigenvalue weighted by Crippen LogP contribution is -2.58. The topological polar surface area (TPSA) is 88.1 Å². The highest BCUT2D eigenvalue weighted by Gasteiger charge is 2.47. The van der Waals surface area contributed by atoms with E-state index in [4.69, 9.17) is 9.47 Å². The van der Waals surface area contributed by atoms with Gasteiger partial charge in [0.05, 0.1) is 29.9 Å². The van der Waals surface area contributed by atoms with Crippen LogP contribution < -0.4 is 5.32 Å². The Bertz CT molecular complexity index is 1330. The first-order valence-corrected chi connectivity index (χ1v) is 15.3. The highest BCUT2D eigenvalue weighted by atomic mass is 19.4. The van der Waals surface area contributed by atoms with Crippen LogP contribution in [0.25, 0.3) is 0 Å². The van der Waals surface area contributed by atoms with E-state index in [1.54, 1.807) is 32.9 Å². The number of likely N-dealkylation sites (tertiary alicyclic amines) is 1. The molecule has 2 aliphatic rings. The summed E-state index contributed by atoms with van der Waals surface area (Å²) in [6.45, 7) is 4.48. The summed E-state index contributed by atoms with van der Waals surface area (Å²) in [5.74, 6) is -0.864. The minimum atomic E-state index is -5.06. The van der Waals surface area contributed by atoms with Crippen molar-refractivity contribution in [1.29, 1.82) is 0 Å². The van der Waals surface area contributed by atoms with E-state index in [9.17, 15) is 41.0 Å². The van der Waals surface area contributed by atoms with Crippen LogP contribution in [0.3, 0.4) is 0 Å². The summed E-state index contributed by atoms with van der Waals surface area (Å²) in [5, 5.41) is 13.3. The van der Waals surface area contributed by atoms with Crippen LogP contribution in [0.15, 0.2) is 48.5 Å². The molecule has 1 aliphatic carbocycles. The molecule has 4 rings (SSSR count). The molecule has 1 saturated carbocycles. The van der Waals surface area contributed by atoms with Crippen molar-refractivity contribution in [2.24, 2.45) is 5.92 Å². The average Bonchev–Trinajstić information content (AvgIpc) is 3.48. The van der Waals surface area contributed by atoms with Crippen LogP contribution in [0.4, 0.5) is 31.1 Å². The molecule has 254 valence electrons. The molecule has 2 amide bonds. The van der Waals surface area contributed by atoms with Gasteiger partial charge >= 0.3 is 18.4 Å². The Labute approximate surface area is 264 Å². The van der Waals surface area contributed by atoms with Crippen molar-refractivity contribution >= 4 is 12.0 Å². The predicted molar refractivity (Wildman–Crippen MR) is 156 cm³/mol. The number of hydrogen-bond donors (Lipinski definition) is 2. The molecule has 46 heavy (non-hydrogen) atoms. The summed E-state index contributed by atoms with van der Waals surface area (Å²) < 4.78 is 92.7. The Hall–Kier alpha value is -3.32. The number of carbonyl (C=O) groups is 2. The van der Waals surface area contributed by atoms with E-state index in [0.29, 0.717) is 44.4 Å². The van der Waals surface area contributed by atoms with Crippen LogP contribution in [0, 0.1) is 5.92 Å². The van der Waals surface area contributed by atoms with Gasteiger partial charge in [-0.3, -0.25) is 9.69 Å². The zero-order chi connectivity index (χ0) is 33.9. The molecular formula is C33H40F6N2O5. The number of benzene rings is 2. The quantitative estimate of drug-likeness (QED) is 0.289. The molecule has 0 spiro atoms. The number of alkyl halides is 6. The summed E-state index contributed by atoms with van der Waals surface area (Å²) in [7, 11) is 0. The third kappa shape index (κ3) is 8.33. The number of ether oxygens (including phenoxy) is 2. The maximum Gasteiger partial charge on any atom is 0.416 e. The Kier molecular flexibility index (Phi) is 10.7. The number of rotatable bonds is 8. The van der Waals surface area contributed by atoms with Crippen LogP contribution in [-0.2, 0) is 32.2 Å². The van der Waals surface area contributed by atoms with Gasteiger partial charge in [0.25, 0.3) is 0 Å². The molecule has 2 N–H and O–H groups in total. The van der Waals surface area contributed by atoms with Crippen LogP contribution in [-0.4, -0.2) is 53.4 Å². The minimum absolute atomic E-state index is 0.0264. The van der Waals surface area contributed by atoms with E-state index < -0.39 is 76.9 Å². The van der Waals surface area contributed by atoms with Gasteiger partial charge in [-0.05, 0) is 75.8 Å². The van der Waals surface area contributed by atoms with Gasteiger partial charge in [0.1, 0.15) is 17.7 Å². The number of halogens is 6. The zero-order valence-electron chi connectivity index (χ0n) is 26.0. The fraction of sp³-hybridized carbons (Fsp3) is 0.576. The molecule has 0 bridgehead atoms. The standard InChI is InChI=1S/C33H40F6N2O5/c1-30(2,3)46-29(44)41-15-9-13-26(41)28(43)40-31(22-10-5-4-6-11-22)14-8-7-12-23(31)20-45-27(19-42)21-16-24(32(34,35)36)18-25(17-21)33(37,38)39/h4-6,10-11,16-18,23,26-27,42H,7-9,12-15,19-20H2,1-3H3,(H,40,43)/t23-,26+,27-,31-/m1/s1. The second-order valence-corrected chi connectivity index (χ2v) is 12.9. The highest BCUT2D eigenvalue weighted by Crippen LogP contribution is 2.44. The van der Waals surface area contributed by atoms with Crippen molar-refractivity contribution in [3.8, 4) is 0 Å². The lowest BCUT2D eigenvalue weighted by atomic mass is 9.68. The van der Waals surface area contributed by atoms with Crippen LogP contribution >= 0.6 is 0 Å². The van der Waals surface area contributed by atoms with Gasteiger partial charge in [0, 0.05) is 12.5 Å². The first-order valence-electron chi connectivity index (χ1n) is 15.3. The number of hydrogen-bond acceptors (Lipinski definition) is 5. The largest absolute Gasteiger partial charge is 0.444 e. The number of aliphatic hydroxyl groups is 1. The molecular weight excluding hydrogens is 618 g/mol. The van der Waals surface area contributed by atoms with E-state index in [2.05, 4.69) is 5.32 Å². The molecule has 4 atom stereocenters. The molecule has 1 heterocycles. The fourth-order valence-electron chi connectivity index (χ4n) is 6.36. The Morgan fingerprint density at radius 3 is 2.15 bits per heavy atom. The highest BCUT2D eigenvalue weighted by molar-refractivity contribution is 5.87. The molecule has 2 fully saturated rings. The Morgan fingerprint density at radius 2 is 1.59 bits per heavy atom. The number of aliphatic hydroxyl groups excluding tert-OH is 1. The third-order valence-corrected chi connectivity index (χ3v) is 8.54. The van der Waals surface area contributed by atoms with Crippen molar-refractivity contribution in [1.82, 2.24) is 10.2 Å². The number of amides is 2. The summed E-state index contributed by atoms with van der Waals surface area (Å²) >= 11 is 0. The molecule has 1 aliphatic heterocycles. The van der Waals surface area contributed by atoms with Crippen LogP contribution in [0.2, 0.25) is 0 Å². The maximum atomic E-state index is 13.9. The second kappa shape index (κ2) is 13.8. The lowest BCUT2D eigenvalue weighted by Gasteiger charge is -2.46. The van der Waals surface area contributed by atoms with E-state index in [-0.39, 0.29) is 12.7 Å². The molecule has 13 heteroatoms. The van der Waals surface area contributed by atoms with Crippen LogP contribution in [0.1, 0.15) is 87.7 Å². The lowest BCUT2D eigenvalue weighted by molar-refractivity contribution is -0.143. The van der Waals surface area contributed by atoms with Gasteiger partial charge in [-0.2, -0.15) is 26.3 Å². The van der Waals surface area contributed by atoms with Gasteiger partial charge in [-0.25, -0.2) is 4.79 Å². The molecule has 2 aromatic carbocycles. The molecule has 7 nitrogen and oxygen atoms in total. The van der Waals surface area contributed by atoms with Crippen molar-refractivity contribution in [2.45, 2.75) is 94.9 Å². The SMILES string of the molecule is CC(C)(C)OC(=O)N1CCC[C@H]1C(=O)N[C@@]1(c2ccccc2)CCCC[C@@H]1CO[C@H](CO)c1cc(C(F)(F)F)cc(C(F)(F)F)c1. The van der Waals surface area contributed by atoms with Gasteiger partial charge in [-0.1, -0.05) is 43.2 Å². The van der Waals surface area contributed by atoms with Gasteiger partial charge in [-0.15, -0.1) is 0 Å². The van der Waals surface area contributed by atoms with Crippen LogP contribution in [0.5, 0.6) is 0 Å². The molecule has 0 unspecified atom stereocenters. The Morgan fingerprint density at radius 1 is 0.957 bits per heavy atom. The summed E-state index contributed by atoms with van der Waals surface area (Å²) in [5.41, 5.74) is -4.51. The van der Waals surface area contributed by atoms with Crippen molar-refractivity contribution < 1.29 is 50.5 Å². The van der Waals surface area contributed by atoms with Crippen molar-refractivity contribution in [3.63, 3.8) is 0 Å². The fourth-order valence-corrected chi connectivity index (χ4v) is 6.36. The zero-order valence-corrected chi connectivity index (χ0v) is 26.0. The minimum Gasteiger partial charge on any atom is -0.444 e. The normalized spacial score (nSPS) is 23.2. The molecule has 0 aromatic heterocycles. The second-order valence-electron chi connectivity index (χ2n) is 12.9. The number of nitrogens with one attached hydrogen (secondary N) is 1. The first-order chi connectivity index (χ1) is 21.4. The van der Waals surface area contributed by atoms with Gasteiger partial charge in [0.2, 0.25) is 5.91 Å². The van der Waals surface area contributed by atoms with E-state index in [1.807, 2.05) is 18.2 Å². The number of nitrogens with zero attached hydrogens (tertiary/aromatic N) is 1. The summed E-state index contributed by atoms with van der Waals surface area (Å²) in [6.07, 6.45) is -8.75. The van der Waals surface area contributed by atoms with E-state index in [0.717, 1.165) is 18.4 Å². The molecule has 1 saturated heterocycles.